The van der Waals surface area contributed by atoms with Crippen molar-refractivity contribution >= 4 is 5.91 Å². The van der Waals surface area contributed by atoms with Gasteiger partial charge in [-0.15, -0.1) is 0 Å². The lowest BCUT2D eigenvalue weighted by Crippen LogP contribution is -2.54. The van der Waals surface area contributed by atoms with Gasteiger partial charge in [0.25, 0.3) is 0 Å². The Kier molecular flexibility index (Phi) is 2.06. The highest BCUT2D eigenvalue weighted by atomic mass is 16.3. The van der Waals surface area contributed by atoms with Crippen LogP contribution >= 0.6 is 0 Å². The Morgan fingerprint density at radius 1 is 1.62 bits per heavy atom. The number of β-amino-alcohol motifs (C(OH)–C–C–N with tert-alkyl or cyclic N) is 1. The van der Waals surface area contributed by atoms with Gasteiger partial charge < -0.3 is 10.0 Å². The third kappa shape index (κ3) is 1.26. The van der Waals surface area contributed by atoms with Gasteiger partial charge in [0.05, 0.1) is 12.5 Å². The second-order valence-electron chi connectivity index (χ2n) is 4.29. The second-order valence-corrected chi connectivity index (χ2v) is 4.29. The first kappa shape index (κ1) is 9.00. The van der Waals surface area contributed by atoms with Gasteiger partial charge in [-0.1, -0.05) is 6.92 Å². The van der Waals surface area contributed by atoms with E-state index >= 15 is 0 Å². The van der Waals surface area contributed by atoms with Gasteiger partial charge in [0, 0.05) is 12.1 Å². The number of nitrogens with zero attached hydrogens (tertiary/aromatic N) is 1. The summed E-state index contributed by atoms with van der Waals surface area (Å²) in [5.41, 5.74) is 0.120. The van der Waals surface area contributed by atoms with Gasteiger partial charge in [-0.3, -0.25) is 4.79 Å². The van der Waals surface area contributed by atoms with E-state index in [1.54, 1.807) is 0 Å². The van der Waals surface area contributed by atoms with Crippen LogP contribution in [0.2, 0.25) is 0 Å². The molecule has 1 N–H and O–H groups in total. The van der Waals surface area contributed by atoms with E-state index < -0.39 is 6.10 Å². The summed E-state index contributed by atoms with van der Waals surface area (Å²) in [5, 5.41) is 9.39. The molecule has 1 amide bonds. The molecule has 3 nitrogen and oxygen atoms in total. The molecule has 1 atom stereocenters. The Morgan fingerprint density at radius 3 is 2.62 bits per heavy atom. The van der Waals surface area contributed by atoms with Crippen molar-refractivity contribution in [1.82, 2.24) is 4.90 Å². The summed E-state index contributed by atoms with van der Waals surface area (Å²) >= 11 is 0. The molecule has 1 aliphatic heterocycles. The fourth-order valence-corrected chi connectivity index (χ4v) is 2.55. The zero-order valence-corrected chi connectivity index (χ0v) is 8.12. The first-order valence-electron chi connectivity index (χ1n) is 5.16. The van der Waals surface area contributed by atoms with Crippen LogP contribution in [0, 0.1) is 0 Å². The van der Waals surface area contributed by atoms with E-state index in [1.807, 2.05) is 4.90 Å². The first-order chi connectivity index (χ1) is 6.18. The average molecular weight is 183 g/mol. The molecular weight excluding hydrogens is 166 g/mol. The van der Waals surface area contributed by atoms with Gasteiger partial charge in [0.2, 0.25) is 5.91 Å². The molecule has 0 aromatic carbocycles. The molecule has 2 rings (SSSR count). The highest BCUT2D eigenvalue weighted by Crippen LogP contribution is 2.42. The van der Waals surface area contributed by atoms with E-state index in [0.717, 1.165) is 19.3 Å². The van der Waals surface area contributed by atoms with E-state index in [9.17, 15) is 9.90 Å². The Balaban J connectivity index is 2.11. The van der Waals surface area contributed by atoms with Crippen molar-refractivity contribution in [1.29, 1.82) is 0 Å². The van der Waals surface area contributed by atoms with Crippen molar-refractivity contribution in [2.75, 3.05) is 6.54 Å². The largest absolute Gasteiger partial charge is 0.391 e. The van der Waals surface area contributed by atoms with Crippen molar-refractivity contribution in [3.8, 4) is 0 Å². The molecule has 2 fully saturated rings. The van der Waals surface area contributed by atoms with Crippen LogP contribution in [0.4, 0.5) is 0 Å². The Labute approximate surface area is 78.7 Å². The van der Waals surface area contributed by atoms with Crippen molar-refractivity contribution in [2.45, 2.75) is 50.7 Å². The molecule has 0 aromatic heterocycles. The summed E-state index contributed by atoms with van der Waals surface area (Å²) in [6, 6.07) is 0. The minimum Gasteiger partial charge on any atom is -0.391 e. The molecule has 1 saturated carbocycles. The summed E-state index contributed by atoms with van der Waals surface area (Å²) in [6.45, 7) is 2.70. The smallest absolute Gasteiger partial charge is 0.225 e. The van der Waals surface area contributed by atoms with Crippen molar-refractivity contribution in [3.63, 3.8) is 0 Å². The lowest BCUT2D eigenvalue weighted by Gasteiger charge is -2.48. The molecular formula is C10H17NO2. The lowest BCUT2D eigenvalue weighted by atomic mass is 9.73. The maximum absolute atomic E-state index is 11.5. The number of hydrogen-bond donors (Lipinski definition) is 1. The lowest BCUT2D eigenvalue weighted by molar-refractivity contribution is -0.136. The summed E-state index contributed by atoms with van der Waals surface area (Å²) in [5.74, 6) is 0.147. The van der Waals surface area contributed by atoms with Gasteiger partial charge in [-0.25, -0.2) is 0 Å². The number of carbonyl (C=O) groups excluding carboxylic acids is 1. The van der Waals surface area contributed by atoms with Gasteiger partial charge in [0.1, 0.15) is 0 Å². The van der Waals surface area contributed by atoms with E-state index in [4.69, 9.17) is 0 Å². The first-order valence-corrected chi connectivity index (χ1v) is 5.16. The highest BCUT2D eigenvalue weighted by Gasteiger charge is 2.46. The predicted octanol–water partition coefficient (Wildman–Crippen LogP) is 0.912. The third-order valence-electron chi connectivity index (χ3n) is 3.62. The van der Waals surface area contributed by atoms with E-state index in [1.165, 1.54) is 6.42 Å². The maximum atomic E-state index is 11.5. The van der Waals surface area contributed by atoms with E-state index in [-0.39, 0.29) is 11.4 Å². The van der Waals surface area contributed by atoms with Gasteiger partial charge in [-0.2, -0.15) is 0 Å². The van der Waals surface area contributed by atoms with Gasteiger partial charge >= 0.3 is 0 Å². The van der Waals surface area contributed by atoms with Crippen LogP contribution in [-0.4, -0.2) is 34.1 Å². The number of amides is 1. The third-order valence-corrected chi connectivity index (χ3v) is 3.62. The normalized spacial score (nSPS) is 32.0. The second kappa shape index (κ2) is 2.98. The summed E-state index contributed by atoms with van der Waals surface area (Å²) < 4.78 is 0. The van der Waals surface area contributed by atoms with Crippen LogP contribution in [0.3, 0.4) is 0 Å². The predicted molar refractivity (Wildman–Crippen MR) is 49.2 cm³/mol. The van der Waals surface area contributed by atoms with Crippen LogP contribution in [0.15, 0.2) is 0 Å². The molecule has 3 heteroatoms. The van der Waals surface area contributed by atoms with Crippen LogP contribution in [0.25, 0.3) is 0 Å². The zero-order chi connectivity index (χ0) is 9.47. The molecule has 2 aliphatic rings. The summed E-state index contributed by atoms with van der Waals surface area (Å²) in [6.07, 6.45) is 4.43. The number of likely N-dealkylation sites (tertiary alicyclic amines) is 1. The van der Waals surface area contributed by atoms with E-state index in [0.29, 0.717) is 13.0 Å². The number of hydrogen-bond acceptors (Lipinski definition) is 2. The molecule has 1 unspecified atom stereocenters. The van der Waals surface area contributed by atoms with Crippen molar-refractivity contribution in [3.05, 3.63) is 0 Å². The maximum Gasteiger partial charge on any atom is 0.225 e. The molecule has 74 valence electrons. The summed E-state index contributed by atoms with van der Waals surface area (Å²) in [7, 11) is 0. The molecule has 0 radical (unpaired) electrons. The highest BCUT2D eigenvalue weighted by molar-refractivity contribution is 5.80. The molecule has 0 aromatic rings. The van der Waals surface area contributed by atoms with Crippen LogP contribution in [0.5, 0.6) is 0 Å². The molecule has 0 bridgehead atoms. The number of rotatable bonds is 2. The minimum absolute atomic E-state index is 0.120. The van der Waals surface area contributed by atoms with Gasteiger partial charge in [-0.05, 0) is 25.7 Å². The van der Waals surface area contributed by atoms with Crippen molar-refractivity contribution < 1.29 is 9.90 Å². The van der Waals surface area contributed by atoms with Gasteiger partial charge in [0.15, 0.2) is 0 Å². The molecule has 1 heterocycles. The topological polar surface area (TPSA) is 40.5 Å². The quantitative estimate of drug-likeness (QED) is 0.691. The minimum atomic E-state index is -0.420. The number of aliphatic hydroxyl groups is 1. The Hall–Kier alpha value is -0.570. The molecule has 1 saturated heterocycles. The van der Waals surface area contributed by atoms with Crippen LogP contribution in [0.1, 0.15) is 39.0 Å². The molecule has 13 heavy (non-hydrogen) atoms. The Bertz CT molecular complexity index is 217. The van der Waals surface area contributed by atoms with Crippen molar-refractivity contribution in [2.24, 2.45) is 0 Å². The van der Waals surface area contributed by atoms with Crippen LogP contribution in [-0.2, 0) is 4.79 Å². The number of aliphatic hydroxyl groups excluding tert-OH is 1. The fourth-order valence-electron chi connectivity index (χ4n) is 2.55. The SMILES string of the molecule is CCC1(N2CC(O)CC2=O)CCC1. The fraction of sp³-hybridized carbons (Fsp3) is 0.900. The molecule has 0 spiro atoms. The standard InChI is InChI=1S/C10H17NO2/c1-2-10(4-3-5-10)11-7-8(12)6-9(11)13/h8,12H,2-7H2,1H3. The Morgan fingerprint density at radius 2 is 2.31 bits per heavy atom. The van der Waals surface area contributed by atoms with E-state index in [2.05, 4.69) is 6.92 Å². The van der Waals surface area contributed by atoms with Crippen LogP contribution < -0.4 is 0 Å². The number of carbonyl (C=O) groups is 1. The zero-order valence-electron chi connectivity index (χ0n) is 8.12. The monoisotopic (exact) mass is 183 g/mol. The average Bonchev–Trinajstić information content (AvgIpc) is 2.30. The summed E-state index contributed by atoms with van der Waals surface area (Å²) in [4.78, 5) is 13.5. The molecule has 1 aliphatic carbocycles.